The average Bonchev–Trinajstić information content (AvgIpc) is 3.29. The molecule has 1 atom stereocenters. The second kappa shape index (κ2) is 9.19. The van der Waals surface area contributed by atoms with Gasteiger partial charge in [-0.3, -0.25) is 0 Å². The number of fused-ring (bicyclic) bond motifs is 1. The number of methoxy groups -OCH3 is 3. The van der Waals surface area contributed by atoms with Gasteiger partial charge in [0.05, 0.1) is 32.9 Å². The highest BCUT2D eigenvalue weighted by Gasteiger charge is 2.33. The molecule has 174 valence electrons. The van der Waals surface area contributed by atoms with Crippen LogP contribution in [-0.4, -0.2) is 40.1 Å². The summed E-state index contributed by atoms with van der Waals surface area (Å²) in [6.45, 7) is 1.82. The van der Waals surface area contributed by atoms with Crippen molar-refractivity contribution < 1.29 is 38.0 Å². The van der Waals surface area contributed by atoms with E-state index in [0.717, 1.165) is 5.56 Å². The number of allylic oxidation sites excluding steroid dienone is 1. The molecule has 0 aliphatic carbocycles. The molecular weight excluding hydrogens is 432 g/mol. The fourth-order valence-corrected chi connectivity index (χ4v) is 3.74. The van der Waals surface area contributed by atoms with Crippen molar-refractivity contribution in [2.24, 2.45) is 0 Å². The zero-order chi connectivity index (χ0) is 23.5. The first kappa shape index (κ1) is 22.1. The fraction of sp³-hybridized carbons (Fsp3) is 0.304. The standard InChI is InChI=1S/C23H24N2O8/c1-12-19(22(26)31-10-13-5-6-15-16(7-13)33-11-32-15)20(25-23(27)24-12)14-8-17(28-2)21(30-4)18(9-14)29-3/h5-9,20H,10-11H2,1-4H3,(H2,24,25,27)/t20-/m1/s1. The van der Waals surface area contributed by atoms with Gasteiger partial charge in [-0.1, -0.05) is 6.07 Å². The van der Waals surface area contributed by atoms with Gasteiger partial charge in [-0.15, -0.1) is 0 Å². The zero-order valence-electron chi connectivity index (χ0n) is 18.6. The van der Waals surface area contributed by atoms with Gasteiger partial charge >= 0.3 is 12.0 Å². The van der Waals surface area contributed by atoms with Crippen molar-refractivity contribution in [2.45, 2.75) is 19.6 Å². The summed E-state index contributed by atoms with van der Waals surface area (Å²) >= 11 is 0. The van der Waals surface area contributed by atoms with E-state index in [0.29, 0.717) is 40.0 Å². The predicted octanol–water partition coefficient (Wildman–Crippen LogP) is 2.81. The van der Waals surface area contributed by atoms with Crippen LogP contribution in [0.3, 0.4) is 0 Å². The topological polar surface area (TPSA) is 114 Å². The molecule has 2 aliphatic heterocycles. The summed E-state index contributed by atoms with van der Waals surface area (Å²) < 4.78 is 32.4. The van der Waals surface area contributed by atoms with Crippen LogP contribution in [0.2, 0.25) is 0 Å². The van der Waals surface area contributed by atoms with Crippen LogP contribution in [0.25, 0.3) is 0 Å². The Morgan fingerprint density at radius 3 is 2.39 bits per heavy atom. The maximum Gasteiger partial charge on any atom is 0.338 e. The minimum absolute atomic E-state index is 0.0160. The highest BCUT2D eigenvalue weighted by atomic mass is 16.7. The summed E-state index contributed by atoms with van der Waals surface area (Å²) in [6.07, 6.45) is 0. The van der Waals surface area contributed by atoms with Crippen LogP contribution in [0.4, 0.5) is 4.79 Å². The largest absolute Gasteiger partial charge is 0.493 e. The van der Waals surface area contributed by atoms with Crippen molar-refractivity contribution in [1.29, 1.82) is 0 Å². The molecule has 2 N–H and O–H groups in total. The molecule has 33 heavy (non-hydrogen) atoms. The molecule has 2 aliphatic rings. The quantitative estimate of drug-likeness (QED) is 0.612. The Morgan fingerprint density at radius 1 is 1.03 bits per heavy atom. The van der Waals surface area contributed by atoms with Crippen LogP contribution >= 0.6 is 0 Å². The maximum atomic E-state index is 13.1. The predicted molar refractivity (Wildman–Crippen MR) is 116 cm³/mol. The average molecular weight is 456 g/mol. The molecule has 2 heterocycles. The smallest absolute Gasteiger partial charge is 0.338 e. The van der Waals surface area contributed by atoms with Gasteiger partial charge in [0.1, 0.15) is 6.61 Å². The highest BCUT2D eigenvalue weighted by Crippen LogP contribution is 2.41. The van der Waals surface area contributed by atoms with Gasteiger partial charge in [-0.2, -0.15) is 0 Å². The molecule has 2 aromatic carbocycles. The van der Waals surface area contributed by atoms with Crippen LogP contribution in [-0.2, 0) is 16.1 Å². The summed E-state index contributed by atoms with van der Waals surface area (Å²) in [4.78, 5) is 25.3. The molecule has 10 nitrogen and oxygen atoms in total. The third-order valence-corrected chi connectivity index (χ3v) is 5.32. The van der Waals surface area contributed by atoms with Crippen molar-refractivity contribution in [3.05, 3.63) is 52.7 Å². The van der Waals surface area contributed by atoms with Gasteiger partial charge in [0, 0.05) is 5.70 Å². The van der Waals surface area contributed by atoms with E-state index in [-0.39, 0.29) is 19.0 Å². The molecule has 0 saturated carbocycles. The summed E-state index contributed by atoms with van der Waals surface area (Å²) in [6, 6.07) is 7.42. The Hall–Kier alpha value is -4.08. The summed E-state index contributed by atoms with van der Waals surface area (Å²) in [5, 5.41) is 5.40. The summed E-state index contributed by atoms with van der Waals surface area (Å²) in [5.41, 5.74) is 1.94. The number of ether oxygens (including phenoxy) is 6. The third kappa shape index (κ3) is 4.32. The molecule has 0 bridgehead atoms. The van der Waals surface area contributed by atoms with Gasteiger partial charge in [0.2, 0.25) is 12.5 Å². The van der Waals surface area contributed by atoms with E-state index < -0.39 is 18.0 Å². The molecule has 0 aromatic heterocycles. The van der Waals surface area contributed by atoms with E-state index in [2.05, 4.69) is 10.6 Å². The first-order chi connectivity index (χ1) is 15.9. The van der Waals surface area contributed by atoms with Gasteiger partial charge < -0.3 is 39.1 Å². The van der Waals surface area contributed by atoms with E-state index in [1.54, 1.807) is 37.3 Å². The molecular formula is C23H24N2O8. The lowest BCUT2D eigenvalue weighted by molar-refractivity contribution is -0.140. The monoisotopic (exact) mass is 456 g/mol. The summed E-state index contributed by atoms with van der Waals surface area (Å²) in [5.74, 6) is 1.84. The molecule has 10 heteroatoms. The molecule has 0 saturated heterocycles. The maximum absolute atomic E-state index is 13.1. The van der Waals surface area contributed by atoms with Crippen molar-refractivity contribution in [3.8, 4) is 28.7 Å². The number of rotatable bonds is 7. The number of benzene rings is 2. The number of amides is 2. The molecule has 2 amide bonds. The van der Waals surface area contributed by atoms with Gasteiger partial charge in [-0.05, 0) is 42.3 Å². The van der Waals surface area contributed by atoms with E-state index >= 15 is 0 Å². The minimum atomic E-state index is -0.795. The van der Waals surface area contributed by atoms with Gasteiger partial charge in [0.15, 0.2) is 23.0 Å². The van der Waals surface area contributed by atoms with E-state index in [1.807, 2.05) is 0 Å². The lowest BCUT2D eigenvalue weighted by Crippen LogP contribution is -2.45. The third-order valence-electron chi connectivity index (χ3n) is 5.32. The van der Waals surface area contributed by atoms with E-state index in [9.17, 15) is 9.59 Å². The van der Waals surface area contributed by atoms with Crippen molar-refractivity contribution >= 4 is 12.0 Å². The molecule has 2 aromatic rings. The lowest BCUT2D eigenvalue weighted by Gasteiger charge is -2.29. The number of urea groups is 1. The van der Waals surface area contributed by atoms with Crippen LogP contribution in [0.15, 0.2) is 41.6 Å². The van der Waals surface area contributed by atoms with Crippen LogP contribution in [0, 0.1) is 0 Å². The lowest BCUT2D eigenvalue weighted by atomic mass is 9.95. The van der Waals surface area contributed by atoms with Crippen LogP contribution in [0.1, 0.15) is 24.1 Å². The highest BCUT2D eigenvalue weighted by molar-refractivity contribution is 5.95. The molecule has 0 unspecified atom stereocenters. The number of hydrogen-bond donors (Lipinski definition) is 2. The van der Waals surface area contributed by atoms with Crippen molar-refractivity contribution in [2.75, 3.05) is 28.1 Å². The Balaban J connectivity index is 1.62. The van der Waals surface area contributed by atoms with Crippen LogP contribution < -0.4 is 34.3 Å². The molecule has 0 radical (unpaired) electrons. The Morgan fingerprint density at radius 2 is 1.73 bits per heavy atom. The van der Waals surface area contributed by atoms with Crippen molar-refractivity contribution in [1.82, 2.24) is 10.6 Å². The van der Waals surface area contributed by atoms with Crippen molar-refractivity contribution in [3.63, 3.8) is 0 Å². The fourth-order valence-electron chi connectivity index (χ4n) is 3.74. The van der Waals surface area contributed by atoms with Gasteiger partial charge in [0.25, 0.3) is 0 Å². The number of nitrogens with one attached hydrogen (secondary N) is 2. The molecule has 4 rings (SSSR count). The number of esters is 1. The first-order valence-electron chi connectivity index (χ1n) is 10.1. The van der Waals surface area contributed by atoms with Gasteiger partial charge in [-0.25, -0.2) is 9.59 Å². The molecule has 0 fully saturated rings. The summed E-state index contributed by atoms with van der Waals surface area (Å²) in [7, 11) is 4.47. The van der Waals surface area contributed by atoms with E-state index in [1.165, 1.54) is 21.3 Å². The Kier molecular flexibility index (Phi) is 6.16. The normalized spacial score (nSPS) is 16.6. The Bertz CT molecular complexity index is 1100. The minimum Gasteiger partial charge on any atom is -0.493 e. The number of carbonyl (C=O) groups is 2. The number of carbonyl (C=O) groups excluding carboxylic acids is 2. The second-order valence-corrected chi connectivity index (χ2v) is 7.29. The molecule has 0 spiro atoms. The second-order valence-electron chi connectivity index (χ2n) is 7.29. The van der Waals surface area contributed by atoms with E-state index in [4.69, 9.17) is 28.4 Å². The zero-order valence-corrected chi connectivity index (χ0v) is 18.6. The Labute approximate surface area is 190 Å². The number of hydrogen-bond acceptors (Lipinski definition) is 8. The SMILES string of the molecule is COc1cc([C@H]2NC(=O)NC(C)=C2C(=O)OCc2ccc3c(c2)OCO3)cc(OC)c1OC. The first-order valence-corrected chi connectivity index (χ1v) is 10.1. The van der Waals surface area contributed by atoms with Crippen LogP contribution in [0.5, 0.6) is 28.7 Å².